The Labute approximate surface area is 141 Å². The first-order valence-corrected chi connectivity index (χ1v) is 8.37. The summed E-state index contributed by atoms with van der Waals surface area (Å²) >= 11 is 0. The highest BCUT2D eigenvalue weighted by Gasteiger charge is 2.27. The Hall–Kier alpha value is -2.20. The summed E-state index contributed by atoms with van der Waals surface area (Å²) in [6.07, 6.45) is 5.46. The van der Waals surface area contributed by atoms with Crippen LogP contribution >= 0.6 is 0 Å². The Morgan fingerprint density at radius 2 is 1.92 bits per heavy atom. The number of nitrogens with zero attached hydrogens (tertiary/aromatic N) is 2. The molecule has 2 aromatic carbocycles. The average Bonchev–Trinajstić information content (AvgIpc) is 3.06. The van der Waals surface area contributed by atoms with Crippen LogP contribution in [-0.2, 0) is 13.1 Å². The van der Waals surface area contributed by atoms with Crippen molar-refractivity contribution in [2.45, 2.75) is 25.6 Å². The number of fused-ring (bicyclic) bond motifs is 1. The van der Waals surface area contributed by atoms with Gasteiger partial charge in [0.2, 0.25) is 0 Å². The van der Waals surface area contributed by atoms with E-state index < -0.39 is 11.6 Å². The number of benzene rings is 2. The molecule has 0 spiro atoms. The van der Waals surface area contributed by atoms with Crippen molar-refractivity contribution >= 4 is 6.08 Å². The maximum atomic E-state index is 13.4. The van der Waals surface area contributed by atoms with Crippen LogP contribution < -0.4 is 0 Å². The average molecular weight is 326 g/mol. The topological polar surface area (TPSA) is 6.48 Å². The van der Waals surface area contributed by atoms with E-state index in [0.717, 1.165) is 31.6 Å². The fraction of sp³-hybridized carbons (Fsp3) is 0.300. The highest BCUT2D eigenvalue weighted by atomic mass is 19.2. The summed E-state index contributed by atoms with van der Waals surface area (Å²) in [5.74, 6) is -1.55. The SMILES string of the molecule is Fc1ccc(CN2CCC(N3C=Cc4ccccc4C3)C2)cc1F. The molecule has 1 fully saturated rings. The molecule has 2 aliphatic rings. The molecule has 2 heterocycles. The van der Waals surface area contributed by atoms with E-state index in [1.807, 2.05) is 0 Å². The molecule has 1 saturated heterocycles. The Bertz CT molecular complexity index is 772. The van der Waals surface area contributed by atoms with Gasteiger partial charge in [0.1, 0.15) is 0 Å². The van der Waals surface area contributed by atoms with E-state index in [1.165, 1.54) is 23.3 Å². The molecule has 1 unspecified atom stereocenters. The third-order valence-electron chi connectivity index (χ3n) is 4.96. The van der Waals surface area contributed by atoms with Crippen LogP contribution in [0.1, 0.15) is 23.1 Å². The van der Waals surface area contributed by atoms with E-state index in [0.29, 0.717) is 12.6 Å². The second-order valence-electron chi connectivity index (χ2n) is 6.61. The lowest BCUT2D eigenvalue weighted by Gasteiger charge is -2.31. The van der Waals surface area contributed by atoms with Crippen molar-refractivity contribution in [2.75, 3.05) is 13.1 Å². The van der Waals surface area contributed by atoms with Crippen LogP contribution in [0.5, 0.6) is 0 Å². The summed E-state index contributed by atoms with van der Waals surface area (Å²) in [5, 5.41) is 0. The fourth-order valence-electron chi connectivity index (χ4n) is 3.64. The van der Waals surface area contributed by atoms with Crippen molar-refractivity contribution in [1.82, 2.24) is 9.80 Å². The molecule has 124 valence electrons. The molecule has 1 atom stereocenters. The van der Waals surface area contributed by atoms with Gasteiger partial charge in [-0.1, -0.05) is 30.3 Å². The van der Waals surface area contributed by atoms with Crippen LogP contribution in [0.15, 0.2) is 48.7 Å². The Balaban J connectivity index is 1.39. The minimum atomic E-state index is -0.782. The molecule has 0 aliphatic carbocycles. The van der Waals surface area contributed by atoms with Gasteiger partial charge in [-0.05, 0) is 41.3 Å². The third kappa shape index (κ3) is 3.06. The monoisotopic (exact) mass is 326 g/mol. The molecule has 24 heavy (non-hydrogen) atoms. The first-order chi connectivity index (χ1) is 11.7. The van der Waals surface area contributed by atoms with Gasteiger partial charge < -0.3 is 4.90 Å². The van der Waals surface area contributed by atoms with E-state index >= 15 is 0 Å². The van der Waals surface area contributed by atoms with Crippen LogP contribution in [0.4, 0.5) is 8.78 Å². The largest absolute Gasteiger partial charge is 0.369 e. The molecular weight excluding hydrogens is 306 g/mol. The quantitative estimate of drug-likeness (QED) is 0.840. The van der Waals surface area contributed by atoms with Crippen molar-refractivity contribution < 1.29 is 8.78 Å². The molecule has 0 N–H and O–H groups in total. The summed E-state index contributed by atoms with van der Waals surface area (Å²) in [7, 11) is 0. The number of likely N-dealkylation sites (tertiary alicyclic amines) is 1. The molecule has 2 aromatic rings. The van der Waals surface area contributed by atoms with E-state index in [-0.39, 0.29) is 0 Å². The molecular formula is C20H20F2N2. The minimum Gasteiger partial charge on any atom is -0.369 e. The predicted molar refractivity (Wildman–Crippen MR) is 91.1 cm³/mol. The highest BCUT2D eigenvalue weighted by Crippen LogP contribution is 2.25. The zero-order valence-corrected chi connectivity index (χ0v) is 13.5. The normalized spacial score (nSPS) is 20.4. The molecule has 0 amide bonds. The van der Waals surface area contributed by atoms with Crippen LogP contribution in [0.3, 0.4) is 0 Å². The molecule has 4 rings (SSSR count). The number of hydrogen-bond acceptors (Lipinski definition) is 2. The number of halogens is 2. The molecule has 2 aliphatic heterocycles. The van der Waals surface area contributed by atoms with Gasteiger partial charge in [-0.25, -0.2) is 8.78 Å². The first-order valence-electron chi connectivity index (χ1n) is 8.37. The summed E-state index contributed by atoms with van der Waals surface area (Å²) < 4.78 is 26.4. The maximum absolute atomic E-state index is 13.4. The Morgan fingerprint density at radius 3 is 2.79 bits per heavy atom. The van der Waals surface area contributed by atoms with Gasteiger partial charge >= 0.3 is 0 Å². The standard InChI is InChI=1S/C20H20F2N2/c21-19-6-5-15(11-20(19)22)12-23-9-8-18(14-23)24-10-7-16-3-1-2-4-17(16)13-24/h1-7,10-11,18H,8-9,12-14H2. The maximum Gasteiger partial charge on any atom is 0.159 e. The van der Waals surface area contributed by atoms with Gasteiger partial charge in [-0.3, -0.25) is 4.90 Å². The summed E-state index contributed by atoms with van der Waals surface area (Å²) in [6.45, 7) is 3.54. The van der Waals surface area contributed by atoms with Crippen molar-refractivity contribution in [3.63, 3.8) is 0 Å². The second-order valence-corrected chi connectivity index (χ2v) is 6.61. The van der Waals surface area contributed by atoms with E-state index in [1.54, 1.807) is 6.07 Å². The third-order valence-corrected chi connectivity index (χ3v) is 4.96. The predicted octanol–water partition coefficient (Wildman–Crippen LogP) is 4.03. The second kappa shape index (κ2) is 6.36. The van der Waals surface area contributed by atoms with Crippen LogP contribution in [-0.4, -0.2) is 28.9 Å². The van der Waals surface area contributed by atoms with Crippen LogP contribution in [0, 0.1) is 11.6 Å². The molecule has 2 nitrogen and oxygen atoms in total. The van der Waals surface area contributed by atoms with Crippen molar-refractivity contribution in [2.24, 2.45) is 0 Å². The summed E-state index contributed by atoms with van der Waals surface area (Å²) in [5.41, 5.74) is 3.48. The number of rotatable bonds is 3. The zero-order chi connectivity index (χ0) is 16.5. The van der Waals surface area contributed by atoms with Gasteiger partial charge in [-0.15, -0.1) is 0 Å². The van der Waals surface area contributed by atoms with Crippen molar-refractivity contribution in [1.29, 1.82) is 0 Å². The summed E-state index contributed by atoms with van der Waals surface area (Å²) in [4.78, 5) is 4.71. The van der Waals surface area contributed by atoms with E-state index in [2.05, 4.69) is 46.3 Å². The molecule has 0 aromatic heterocycles. The number of hydrogen-bond donors (Lipinski definition) is 0. The molecule has 4 heteroatoms. The van der Waals surface area contributed by atoms with Gasteiger partial charge in [0.25, 0.3) is 0 Å². The van der Waals surface area contributed by atoms with Gasteiger partial charge in [0.05, 0.1) is 0 Å². The van der Waals surface area contributed by atoms with Crippen LogP contribution in [0.25, 0.3) is 6.08 Å². The lowest BCUT2D eigenvalue weighted by molar-refractivity contribution is 0.247. The van der Waals surface area contributed by atoms with Gasteiger partial charge in [0.15, 0.2) is 11.6 Å². The molecule has 0 saturated carbocycles. The smallest absolute Gasteiger partial charge is 0.159 e. The molecule has 0 bridgehead atoms. The molecule has 0 radical (unpaired) electrons. The Morgan fingerprint density at radius 1 is 1.04 bits per heavy atom. The van der Waals surface area contributed by atoms with Gasteiger partial charge in [0, 0.05) is 38.4 Å². The fourth-order valence-corrected chi connectivity index (χ4v) is 3.64. The first kappa shape index (κ1) is 15.3. The van der Waals surface area contributed by atoms with Crippen molar-refractivity contribution in [3.8, 4) is 0 Å². The summed E-state index contributed by atoms with van der Waals surface area (Å²) in [6, 6.07) is 13.1. The van der Waals surface area contributed by atoms with Crippen LogP contribution in [0.2, 0.25) is 0 Å². The lowest BCUT2D eigenvalue weighted by Crippen LogP contribution is -2.34. The Kier molecular flexibility index (Phi) is 4.07. The van der Waals surface area contributed by atoms with Gasteiger partial charge in [-0.2, -0.15) is 0 Å². The minimum absolute atomic E-state index is 0.472. The van der Waals surface area contributed by atoms with Crippen molar-refractivity contribution in [3.05, 3.63) is 77.0 Å². The highest BCUT2D eigenvalue weighted by molar-refractivity contribution is 5.55. The lowest BCUT2D eigenvalue weighted by atomic mass is 10.0. The van der Waals surface area contributed by atoms with E-state index in [4.69, 9.17) is 0 Å². The van der Waals surface area contributed by atoms with E-state index in [9.17, 15) is 8.78 Å². The zero-order valence-electron chi connectivity index (χ0n) is 13.5.